The van der Waals surface area contributed by atoms with Gasteiger partial charge in [-0.3, -0.25) is 4.79 Å². The van der Waals surface area contributed by atoms with Gasteiger partial charge in [-0.05, 0) is 37.1 Å². The first kappa shape index (κ1) is 15.8. The second kappa shape index (κ2) is 6.95. The van der Waals surface area contributed by atoms with Crippen LogP contribution in [0.25, 0.3) is 11.3 Å². The number of pyridine rings is 1. The molecular formula is C18H20N2O2. The molecule has 114 valence electrons. The molecule has 4 heteroatoms. The van der Waals surface area contributed by atoms with Crippen LogP contribution >= 0.6 is 0 Å². The Balaban J connectivity index is 2.68. The third-order valence-corrected chi connectivity index (χ3v) is 3.31. The van der Waals surface area contributed by atoms with E-state index in [2.05, 4.69) is 0 Å². The van der Waals surface area contributed by atoms with Crippen molar-refractivity contribution in [3.63, 3.8) is 0 Å². The molecule has 0 spiro atoms. The topological polar surface area (TPSA) is 55.0 Å². The van der Waals surface area contributed by atoms with E-state index in [4.69, 9.17) is 10.00 Å². The van der Waals surface area contributed by atoms with E-state index >= 15 is 0 Å². The van der Waals surface area contributed by atoms with Gasteiger partial charge in [0.1, 0.15) is 17.4 Å². The first-order valence-corrected chi connectivity index (χ1v) is 7.44. The van der Waals surface area contributed by atoms with Crippen LogP contribution in [0, 0.1) is 17.2 Å². The first-order valence-electron chi connectivity index (χ1n) is 7.44. The Morgan fingerprint density at radius 3 is 2.59 bits per heavy atom. The second-order valence-electron chi connectivity index (χ2n) is 5.48. The number of nitriles is 1. The van der Waals surface area contributed by atoms with Crippen LogP contribution < -0.4 is 10.3 Å². The van der Waals surface area contributed by atoms with E-state index in [9.17, 15) is 4.79 Å². The van der Waals surface area contributed by atoms with Crippen LogP contribution in [0.5, 0.6) is 5.75 Å². The Morgan fingerprint density at radius 1 is 1.23 bits per heavy atom. The van der Waals surface area contributed by atoms with Gasteiger partial charge in [-0.2, -0.15) is 5.26 Å². The molecule has 0 atom stereocenters. The van der Waals surface area contributed by atoms with Crippen molar-refractivity contribution in [3.05, 3.63) is 52.3 Å². The third-order valence-electron chi connectivity index (χ3n) is 3.31. The van der Waals surface area contributed by atoms with Crippen LogP contribution in [0.2, 0.25) is 0 Å². The van der Waals surface area contributed by atoms with Gasteiger partial charge in [0.25, 0.3) is 5.56 Å². The summed E-state index contributed by atoms with van der Waals surface area (Å²) in [6, 6.07) is 13.0. The first-order chi connectivity index (χ1) is 10.6. The average molecular weight is 296 g/mol. The zero-order valence-electron chi connectivity index (χ0n) is 13.2. The van der Waals surface area contributed by atoms with E-state index in [0.29, 0.717) is 19.1 Å². The summed E-state index contributed by atoms with van der Waals surface area (Å²) in [4.78, 5) is 12.5. The lowest BCUT2D eigenvalue weighted by atomic mass is 10.1. The quantitative estimate of drug-likeness (QED) is 0.849. The van der Waals surface area contributed by atoms with Gasteiger partial charge in [0.15, 0.2) is 0 Å². The zero-order valence-corrected chi connectivity index (χ0v) is 13.2. The fraction of sp³-hybridized carbons (Fsp3) is 0.333. The predicted molar refractivity (Wildman–Crippen MR) is 86.9 cm³/mol. The lowest BCUT2D eigenvalue weighted by Gasteiger charge is -2.17. The molecule has 0 aliphatic heterocycles. The van der Waals surface area contributed by atoms with E-state index < -0.39 is 0 Å². The summed E-state index contributed by atoms with van der Waals surface area (Å²) in [6.07, 6.45) is 0. The number of para-hydroxylation sites is 1. The molecule has 0 unspecified atom stereocenters. The number of benzene rings is 1. The van der Waals surface area contributed by atoms with Crippen molar-refractivity contribution in [1.82, 2.24) is 4.57 Å². The summed E-state index contributed by atoms with van der Waals surface area (Å²) in [5.74, 6) is 1.04. The molecule has 0 N–H and O–H groups in total. The molecular weight excluding hydrogens is 276 g/mol. The largest absolute Gasteiger partial charge is 0.493 e. The van der Waals surface area contributed by atoms with E-state index in [1.165, 1.54) is 0 Å². The summed E-state index contributed by atoms with van der Waals surface area (Å²) < 4.78 is 7.34. The number of rotatable bonds is 5. The highest BCUT2D eigenvalue weighted by molar-refractivity contribution is 5.68. The number of hydrogen-bond donors (Lipinski definition) is 0. The second-order valence-corrected chi connectivity index (χ2v) is 5.48. The van der Waals surface area contributed by atoms with E-state index in [1.54, 1.807) is 10.6 Å². The Bertz CT molecular complexity index is 754. The highest BCUT2D eigenvalue weighted by Gasteiger charge is 2.14. The maximum atomic E-state index is 12.5. The molecule has 1 aromatic heterocycles. The standard InChI is InChI=1S/C18H20N2O2/c1-4-22-17-8-6-5-7-15(17)16-10-9-14(11-19)18(21)20(16)12-13(2)3/h5-10,13H,4,12H2,1-3H3. The normalized spacial score (nSPS) is 10.5. The van der Waals surface area contributed by atoms with Crippen molar-refractivity contribution in [2.75, 3.05) is 6.61 Å². The van der Waals surface area contributed by atoms with Crippen LogP contribution in [0.15, 0.2) is 41.2 Å². The molecule has 0 aliphatic carbocycles. The van der Waals surface area contributed by atoms with Crippen molar-refractivity contribution >= 4 is 0 Å². The molecule has 0 saturated carbocycles. The predicted octanol–water partition coefficient (Wildman–Crippen LogP) is 3.44. The SMILES string of the molecule is CCOc1ccccc1-c1ccc(C#N)c(=O)n1CC(C)C. The number of aromatic nitrogens is 1. The Labute approximate surface area is 130 Å². The zero-order chi connectivity index (χ0) is 16.1. The number of ether oxygens (including phenoxy) is 1. The molecule has 0 fully saturated rings. The molecule has 0 saturated heterocycles. The van der Waals surface area contributed by atoms with Gasteiger partial charge < -0.3 is 9.30 Å². The van der Waals surface area contributed by atoms with Crippen molar-refractivity contribution in [2.24, 2.45) is 5.92 Å². The number of nitrogens with zero attached hydrogens (tertiary/aromatic N) is 2. The summed E-state index contributed by atoms with van der Waals surface area (Å²) in [7, 11) is 0. The van der Waals surface area contributed by atoms with Gasteiger partial charge in [-0.15, -0.1) is 0 Å². The molecule has 1 heterocycles. The van der Waals surface area contributed by atoms with E-state index in [1.807, 2.05) is 57.2 Å². The lowest BCUT2D eigenvalue weighted by Crippen LogP contribution is -2.26. The van der Waals surface area contributed by atoms with Gasteiger partial charge in [-0.25, -0.2) is 0 Å². The summed E-state index contributed by atoms with van der Waals surface area (Å²) in [5, 5.41) is 9.09. The van der Waals surface area contributed by atoms with Crippen LogP contribution in [0.1, 0.15) is 26.3 Å². The summed E-state index contributed by atoms with van der Waals surface area (Å²) in [6.45, 7) is 7.13. The number of hydrogen-bond acceptors (Lipinski definition) is 3. The Kier molecular flexibility index (Phi) is 5.00. The molecule has 0 bridgehead atoms. The molecule has 1 aromatic carbocycles. The third kappa shape index (κ3) is 3.20. The van der Waals surface area contributed by atoms with E-state index in [0.717, 1.165) is 17.0 Å². The summed E-state index contributed by atoms with van der Waals surface area (Å²) in [5.41, 5.74) is 1.56. The highest BCUT2D eigenvalue weighted by atomic mass is 16.5. The maximum Gasteiger partial charge on any atom is 0.268 e. The van der Waals surface area contributed by atoms with Crippen molar-refractivity contribution in [1.29, 1.82) is 5.26 Å². The van der Waals surface area contributed by atoms with Gasteiger partial charge in [-0.1, -0.05) is 26.0 Å². The van der Waals surface area contributed by atoms with Crippen molar-refractivity contribution in [2.45, 2.75) is 27.3 Å². The maximum absolute atomic E-state index is 12.5. The molecule has 0 radical (unpaired) electrons. The smallest absolute Gasteiger partial charge is 0.268 e. The van der Waals surface area contributed by atoms with Crippen molar-refractivity contribution < 1.29 is 4.74 Å². The fourth-order valence-electron chi connectivity index (χ4n) is 2.40. The van der Waals surface area contributed by atoms with Crippen molar-refractivity contribution in [3.8, 4) is 23.1 Å². The van der Waals surface area contributed by atoms with Crippen LogP contribution in [-0.2, 0) is 6.54 Å². The lowest BCUT2D eigenvalue weighted by molar-refractivity contribution is 0.341. The minimum absolute atomic E-state index is 0.165. The molecule has 2 aromatic rings. The van der Waals surface area contributed by atoms with Gasteiger partial charge in [0, 0.05) is 12.1 Å². The van der Waals surface area contributed by atoms with Crippen LogP contribution in [-0.4, -0.2) is 11.2 Å². The molecule has 0 aliphatic rings. The Hall–Kier alpha value is -2.54. The van der Waals surface area contributed by atoms with Crippen LogP contribution in [0.3, 0.4) is 0 Å². The summed E-state index contributed by atoms with van der Waals surface area (Å²) >= 11 is 0. The van der Waals surface area contributed by atoms with E-state index in [-0.39, 0.29) is 11.1 Å². The Morgan fingerprint density at radius 2 is 1.95 bits per heavy atom. The fourth-order valence-corrected chi connectivity index (χ4v) is 2.40. The monoisotopic (exact) mass is 296 g/mol. The highest BCUT2D eigenvalue weighted by Crippen LogP contribution is 2.29. The molecule has 4 nitrogen and oxygen atoms in total. The molecule has 0 amide bonds. The average Bonchev–Trinajstić information content (AvgIpc) is 2.50. The molecule has 2 rings (SSSR count). The van der Waals surface area contributed by atoms with Crippen LogP contribution in [0.4, 0.5) is 0 Å². The molecule has 22 heavy (non-hydrogen) atoms. The minimum atomic E-state index is -0.250. The van der Waals surface area contributed by atoms with Gasteiger partial charge >= 0.3 is 0 Å². The van der Waals surface area contributed by atoms with Gasteiger partial charge in [0.05, 0.1) is 12.3 Å². The van der Waals surface area contributed by atoms with Gasteiger partial charge in [0.2, 0.25) is 0 Å². The minimum Gasteiger partial charge on any atom is -0.493 e.